The first-order valence-electron chi connectivity index (χ1n) is 4.09. The van der Waals surface area contributed by atoms with Crippen molar-refractivity contribution in [2.24, 2.45) is 0 Å². The van der Waals surface area contributed by atoms with Crippen molar-refractivity contribution >= 4 is 11.5 Å². The van der Waals surface area contributed by atoms with Gasteiger partial charge in [0.1, 0.15) is 0 Å². The molecule has 1 rings (SSSR count). The van der Waals surface area contributed by atoms with Gasteiger partial charge < -0.3 is 5.11 Å². The fraction of sp³-hybridized carbons (Fsp3) is 0.182. The van der Waals surface area contributed by atoms with Crippen molar-refractivity contribution in [2.75, 3.05) is 0 Å². The number of benzene rings is 1. The highest BCUT2D eigenvalue weighted by Gasteiger charge is 2.05. The lowest BCUT2D eigenvalue weighted by Crippen LogP contribution is -1.98. The zero-order valence-corrected chi connectivity index (χ0v) is 7.74. The van der Waals surface area contributed by atoms with Gasteiger partial charge in [0, 0.05) is 5.57 Å². The second kappa shape index (κ2) is 3.90. The first-order valence-corrected chi connectivity index (χ1v) is 4.09. The number of carboxylic acids is 1. The number of aliphatic carboxylic acids is 1. The van der Waals surface area contributed by atoms with Crippen LogP contribution in [-0.4, -0.2) is 11.1 Å². The van der Waals surface area contributed by atoms with Gasteiger partial charge in [0.05, 0.1) is 0 Å². The lowest BCUT2D eigenvalue weighted by atomic mass is 10.0. The largest absolute Gasteiger partial charge is 0.478 e. The van der Waals surface area contributed by atoms with E-state index < -0.39 is 5.97 Å². The lowest BCUT2D eigenvalue weighted by Gasteiger charge is -2.03. The Morgan fingerprint density at radius 2 is 1.69 bits per heavy atom. The molecule has 0 saturated carbocycles. The van der Waals surface area contributed by atoms with E-state index >= 15 is 0 Å². The van der Waals surface area contributed by atoms with Crippen LogP contribution in [-0.2, 0) is 4.79 Å². The molecule has 0 spiro atoms. The van der Waals surface area contributed by atoms with E-state index in [4.69, 9.17) is 5.11 Å². The quantitative estimate of drug-likeness (QED) is 0.703. The van der Waals surface area contributed by atoms with Crippen molar-refractivity contribution in [3.05, 3.63) is 41.5 Å². The Bertz CT molecular complexity index is 336. The van der Waals surface area contributed by atoms with Gasteiger partial charge in [-0.1, -0.05) is 30.3 Å². The predicted molar refractivity (Wildman–Crippen MR) is 52.3 cm³/mol. The molecule has 1 N–H and O–H groups in total. The summed E-state index contributed by atoms with van der Waals surface area (Å²) in [6.45, 7) is 3.43. The molecular formula is C11H12O2. The summed E-state index contributed by atoms with van der Waals surface area (Å²) >= 11 is 0. The minimum Gasteiger partial charge on any atom is -0.478 e. The third-order valence-electron chi connectivity index (χ3n) is 2.09. The number of carboxylic acid groups (broad SMARTS) is 1. The van der Waals surface area contributed by atoms with Crippen molar-refractivity contribution in [1.82, 2.24) is 0 Å². The van der Waals surface area contributed by atoms with Crippen molar-refractivity contribution in [3.63, 3.8) is 0 Å². The summed E-state index contributed by atoms with van der Waals surface area (Å²) in [6, 6.07) is 9.51. The summed E-state index contributed by atoms with van der Waals surface area (Å²) in [6.07, 6.45) is 0. The van der Waals surface area contributed by atoms with Crippen molar-refractivity contribution in [3.8, 4) is 0 Å². The Balaban J connectivity index is 3.11. The molecule has 0 bridgehead atoms. The first kappa shape index (κ1) is 9.52. The zero-order chi connectivity index (χ0) is 9.84. The van der Waals surface area contributed by atoms with Crippen LogP contribution in [0.1, 0.15) is 19.4 Å². The van der Waals surface area contributed by atoms with E-state index in [0.717, 1.165) is 11.1 Å². The van der Waals surface area contributed by atoms with Gasteiger partial charge in [0.15, 0.2) is 0 Å². The molecule has 0 fully saturated rings. The molecule has 0 aliphatic rings. The monoisotopic (exact) mass is 176 g/mol. The van der Waals surface area contributed by atoms with Gasteiger partial charge >= 0.3 is 5.97 Å². The van der Waals surface area contributed by atoms with Crippen LogP contribution in [0, 0.1) is 0 Å². The fourth-order valence-electron chi connectivity index (χ4n) is 1.07. The van der Waals surface area contributed by atoms with Gasteiger partial charge in [-0.15, -0.1) is 0 Å². The average Bonchev–Trinajstić information content (AvgIpc) is 2.17. The Morgan fingerprint density at radius 3 is 2.15 bits per heavy atom. The lowest BCUT2D eigenvalue weighted by molar-refractivity contribution is -0.132. The highest BCUT2D eigenvalue weighted by atomic mass is 16.4. The van der Waals surface area contributed by atoms with E-state index in [0.29, 0.717) is 5.57 Å². The molecule has 0 radical (unpaired) electrons. The average molecular weight is 176 g/mol. The number of rotatable bonds is 2. The van der Waals surface area contributed by atoms with Crippen LogP contribution in [0.4, 0.5) is 0 Å². The number of hydrogen-bond donors (Lipinski definition) is 1. The SMILES string of the molecule is C/C(C(=O)O)=C(\C)c1ccccc1. The summed E-state index contributed by atoms with van der Waals surface area (Å²) in [5, 5.41) is 8.76. The molecule has 0 atom stereocenters. The second-order valence-corrected chi connectivity index (χ2v) is 2.92. The summed E-state index contributed by atoms with van der Waals surface area (Å²) < 4.78 is 0. The highest BCUT2D eigenvalue weighted by Crippen LogP contribution is 2.17. The first-order chi connectivity index (χ1) is 6.13. The summed E-state index contributed by atoms with van der Waals surface area (Å²) in [5.74, 6) is -0.860. The topological polar surface area (TPSA) is 37.3 Å². The highest BCUT2D eigenvalue weighted by molar-refractivity contribution is 5.95. The van der Waals surface area contributed by atoms with E-state index in [2.05, 4.69) is 0 Å². The molecule has 0 aromatic heterocycles. The van der Waals surface area contributed by atoms with E-state index in [9.17, 15) is 4.79 Å². The summed E-state index contributed by atoms with van der Waals surface area (Å²) in [4.78, 5) is 10.7. The van der Waals surface area contributed by atoms with E-state index in [-0.39, 0.29) is 0 Å². The van der Waals surface area contributed by atoms with E-state index in [1.165, 1.54) is 0 Å². The zero-order valence-electron chi connectivity index (χ0n) is 7.74. The van der Waals surface area contributed by atoms with Crippen LogP contribution < -0.4 is 0 Å². The molecule has 0 saturated heterocycles. The van der Waals surface area contributed by atoms with E-state index in [1.807, 2.05) is 37.3 Å². The standard InChI is InChI=1S/C11H12O2/c1-8(9(2)11(12)13)10-6-4-3-5-7-10/h3-7H,1-2H3,(H,12,13)/b9-8-. The fourth-order valence-corrected chi connectivity index (χ4v) is 1.07. The molecule has 1 aromatic rings. The van der Waals surface area contributed by atoms with Gasteiger partial charge in [0.25, 0.3) is 0 Å². The summed E-state index contributed by atoms with van der Waals surface area (Å²) in [7, 11) is 0. The molecule has 13 heavy (non-hydrogen) atoms. The smallest absolute Gasteiger partial charge is 0.331 e. The number of allylic oxidation sites excluding steroid dienone is 1. The third kappa shape index (κ3) is 2.18. The van der Waals surface area contributed by atoms with Crippen LogP contribution in [0.3, 0.4) is 0 Å². The molecule has 2 heteroatoms. The molecule has 0 amide bonds. The van der Waals surface area contributed by atoms with Crippen LogP contribution in [0.2, 0.25) is 0 Å². The molecule has 68 valence electrons. The van der Waals surface area contributed by atoms with Crippen molar-refractivity contribution in [2.45, 2.75) is 13.8 Å². The minimum absolute atomic E-state index is 0.395. The van der Waals surface area contributed by atoms with E-state index in [1.54, 1.807) is 6.92 Å². The van der Waals surface area contributed by atoms with Crippen LogP contribution in [0.25, 0.3) is 5.57 Å². The summed E-state index contributed by atoms with van der Waals surface area (Å²) in [5.41, 5.74) is 2.17. The van der Waals surface area contributed by atoms with Crippen molar-refractivity contribution < 1.29 is 9.90 Å². The van der Waals surface area contributed by atoms with Gasteiger partial charge in [-0.05, 0) is 25.0 Å². The minimum atomic E-state index is -0.860. The maximum absolute atomic E-state index is 10.7. The second-order valence-electron chi connectivity index (χ2n) is 2.92. The van der Waals surface area contributed by atoms with Crippen LogP contribution in [0.15, 0.2) is 35.9 Å². The number of hydrogen-bond acceptors (Lipinski definition) is 1. The molecular weight excluding hydrogens is 164 g/mol. The van der Waals surface area contributed by atoms with Crippen molar-refractivity contribution in [1.29, 1.82) is 0 Å². The van der Waals surface area contributed by atoms with Crippen LogP contribution >= 0.6 is 0 Å². The Kier molecular flexibility index (Phi) is 2.85. The molecule has 0 heterocycles. The third-order valence-corrected chi connectivity index (χ3v) is 2.09. The van der Waals surface area contributed by atoms with Gasteiger partial charge in [-0.25, -0.2) is 4.79 Å². The molecule has 0 aliphatic heterocycles. The molecule has 1 aromatic carbocycles. The van der Waals surface area contributed by atoms with Gasteiger partial charge in [-0.3, -0.25) is 0 Å². The Morgan fingerprint density at radius 1 is 1.15 bits per heavy atom. The maximum atomic E-state index is 10.7. The Hall–Kier alpha value is -1.57. The maximum Gasteiger partial charge on any atom is 0.331 e. The molecule has 2 nitrogen and oxygen atoms in total. The Labute approximate surface area is 77.5 Å². The normalized spacial score (nSPS) is 12.2. The molecule has 0 unspecified atom stereocenters. The number of carbonyl (C=O) groups is 1. The molecule has 0 aliphatic carbocycles. The predicted octanol–water partition coefficient (Wildman–Crippen LogP) is 2.56. The van der Waals surface area contributed by atoms with Crippen LogP contribution in [0.5, 0.6) is 0 Å². The van der Waals surface area contributed by atoms with Gasteiger partial charge in [-0.2, -0.15) is 0 Å². The van der Waals surface area contributed by atoms with Gasteiger partial charge in [0.2, 0.25) is 0 Å².